The van der Waals surface area contributed by atoms with Gasteiger partial charge in [-0.15, -0.1) is 0 Å². The highest BCUT2D eigenvalue weighted by Gasteiger charge is 2.26. The second kappa shape index (κ2) is 53.1. The van der Waals surface area contributed by atoms with Crippen molar-refractivity contribution in [3.63, 3.8) is 0 Å². The van der Waals surface area contributed by atoms with E-state index >= 15 is 0 Å². The van der Waals surface area contributed by atoms with Crippen LogP contribution in [0.2, 0.25) is 15.1 Å². The molecule has 0 unspecified atom stereocenters. The molecule has 0 aliphatic heterocycles. The summed E-state index contributed by atoms with van der Waals surface area (Å²) in [6.07, 6.45) is 0.646. The Kier molecular flexibility index (Phi) is 43.5. The predicted octanol–water partition coefficient (Wildman–Crippen LogP) is 26.0. The van der Waals surface area contributed by atoms with Crippen molar-refractivity contribution in [3.05, 3.63) is 263 Å². The SMILES string of the molecule is CC(=O)c1ccc(NC(=O)c2cc(C)c(OC(C)C)c(OC(C)C)c2)cc1.CC(=O)c1ccc(NC(=O)c2cc(OC(C)C)c(Cl)c(OC(C)C)c2)cc1C.CC(=O)c1ccc(NC(=O)c2cc(OC(C)C)c(F)c(OC(C)C)c2)cc1.CCOc1cc(C(=O)Nc2ccc(C(C)=O)c(F)c2)cc(OC(CC)CC)c1Cl.COc1cc(C(=O)Nc2ccc(C(C)=O)cc2)cc(OC(C)C)c1Cl. The molecule has 726 valence electrons. The molecule has 0 aliphatic carbocycles. The lowest BCUT2D eigenvalue weighted by atomic mass is 10.0. The van der Waals surface area contributed by atoms with Crippen LogP contribution in [0.25, 0.3) is 0 Å². The number of carbonyl (C=O) groups excluding carboxylic acids is 10. The predicted molar refractivity (Wildman–Crippen MR) is 532 cm³/mol. The fourth-order valence-corrected chi connectivity index (χ4v) is 13.3. The van der Waals surface area contributed by atoms with Crippen molar-refractivity contribution in [1.82, 2.24) is 0 Å². The van der Waals surface area contributed by atoms with E-state index in [-0.39, 0.29) is 129 Å². The van der Waals surface area contributed by atoms with Crippen LogP contribution in [0, 0.1) is 25.5 Å². The summed E-state index contributed by atoms with van der Waals surface area (Å²) in [5.74, 6) is -0.330. The Labute approximate surface area is 809 Å². The van der Waals surface area contributed by atoms with Gasteiger partial charge in [0.25, 0.3) is 29.5 Å². The molecule has 5 amide bonds. The quantitative estimate of drug-likeness (QED) is 0.0228. The number of anilines is 5. The molecule has 0 aromatic heterocycles. The first-order chi connectivity index (χ1) is 64.0. The molecular weight excluding hydrogens is 1810 g/mol. The number of rotatable bonds is 36. The number of benzene rings is 10. The van der Waals surface area contributed by atoms with Gasteiger partial charge in [-0.25, -0.2) is 4.39 Å². The van der Waals surface area contributed by atoms with Gasteiger partial charge in [0.05, 0.1) is 68.1 Å². The average molecular weight is 1930 g/mol. The molecule has 136 heavy (non-hydrogen) atoms. The van der Waals surface area contributed by atoms with Crippen LogP contribution in [-0.2, 0) is 0 Å². The molecule has 0 saturated carbocycles. The first-order valence-corrected chi connectivity index (χ1v) is 45.5. The number of nitrogens with one attached hydrogen (secondary N) is 5. The molecule has 10 aromatic rings. The molecule has 0 aliphatic rings. The van der Waals surface area contributed by atoms with E-state index < -0.39 is 23.4 Å². The largest absolute Gasteiger partial charge is 0.495 e. The zero-order chi connectivity index (χ0) is 101. The smallest absolute Gasteiger partial charge is 0.255 e. The van der Waals surface area contributed by atoms with Crippen molar-refractivity contribution in [2.45, 2.75) is 228 Å². The van der Waals surface area contributed by atoms with E-state index in [1.54, 1.807) is 161 Å². The van der Waals surface area contributed by atoms with Gasteiger partial charge in [0.15, 0.2) is 51.9 Å². The van der Waals surface area contributed by atoms with Gasteiger partial charge in [-0.1, -0.05) is 48.7 Å². The first kappa shape index (κ1) is 111. The summed E-state index contributed by atoms with van der Waals surface area (Å²) in [6.45, 7) is 43.3. The van der Waals surface area contributed by atoms with Crippen molar-refractivity contribution in [2.75, 3.05) is 40.3 Å². The molecule has 0 spiro atoms. The van der Waals surface area contributed by atoms with Crippen LogP contribution in [0.15, 0.2) is 170 Å². The van der Waals surface area contributed by atoms with E-state index in [2.05, 4.69) is 26.6 Å². The maximum absolute atomic E-state index is 14.6. The Morgan fingerprint density at radius 3 is 0.882 bits per heavy atom. The van der Waals surface area contributed by atoms with Crippen LogP contribution in [0.5, 0.6) is 57.5 Å². The van der Waals surface area contributed by atoms with Crippen LogP contribution >= 0.6 is 34.8 Å². The van der Waals surface area contributed by atoms with Gasteiger partial charge in [-0.05, 0) is 346 Å². The standard InChI is InChI=1S/C22H25ClFNO4.C22H26ClNO4.C22H27NO4.C21H24FNO4.C19H20ClNO4/c1-5-16(6-2)29-20-11-14(10-19(21(20)23)28-7-3)22(27)25-15-8-9-17(13(4)26)18(24)12-15;1-12(2)27-19-10-16(11-20(21(19)23)28-13(3)4)22(26)24-17-7-8-18(15(6)25)14(5)9-17;1-13(2)26-20-12-18(11-15(5)21(20)27-14(3)4)22(25)23-19-9-7-17(8-10-19)16(6)24;1-12(2)26-18-10-16(11-19(20(18)22)27-13(3)4)21(25)23-17-8-6-15(7-9-17)14(5)24;1-11(2)25-17-10-14(9-16(24-4)18(17)20)19(23)21-15-7-5-13(6-8-15)12(3)22/h8-12,16H,5-7H2,1-4H3,(H,25,27);7-13H,1-6H3,(H,24,26);7-14H,1-6H3,(H,23,25);6-13H,1-5H3,(H,23,25);5-11H,1-4H3,(H,21,23). The van der Waals surface area contributed by atoms with E-state index in [0.29, 0.717) is 129 Å². The molecular formula is C106H122Cl3F2N5O20. The normalized spacial score (nSPS) is 10.8. The maximum Gasteiger partial charge on any atom is 0.255 e. The summed E-state index contributed by atoms with van der Waals surface area (Å²) in [5.41, 5.74) is 8.18. The minimum atomic E-state index is -0.695. The Hall–Kier alpha value is -13.4. The van der Waals surface area contributed by atoms with Crippen LogP contribution in [0.4, 0.5) is 37.2 Å². The van der Waals surface area contributed by atoms with Crippen molar-refractivity contribution in [1.29, 1.82) is 0 Å². The summed E-state index contributed by atoms with van der Waals surface area (Å²) in [6, 6.07) is 44.6. The maximum atomic E-state index is 14.6. The fourth-order valence-electron chi connectivity index (χ4n) is 12.6. The molecule has 5 N–H and O–H groups in total. The minimum Gasteiger partial charge on any atom is -0.495 e. The van der Waals surface area contributed by atoms with Gasteiger partial charge < -0.3 is 74.0 Å². The monoisotopic (exact) mass is 1930 g/mol. The lowest BCUT2D eigenvalue weighted by Gasteiger charge is -2.20. The van der Waals surface area contributed by atoms with Gasteiger partial charge in [0.2, 0.25) is 5.82 Å². The molecule has 0 fully saturated rings. The Morgan fingerprint density at radius 1 is 0.294 bits per heavy atom. The third-order valence-corrected chi connectivity index (χ3v) is 20.1. The number of carbonyl (C=O) groups is 10. The molecule has 0 heterocycles. The highest BCUT2D eigenvalue weighted by molar-refractivity contribution is 6.35. The van der Waals surface area contributed by atoms with Crippen molar-refractivity contribution >= 4 is 122 Å². The minimum absolute atomic E-state index is 0.00215. The Morgan fingerprint density at radius 2 is 0.566 bits per heavy atom. The van der Waals surface area contributed by atoms with Crippen molar-refractivity contribution in [3.8, 4) is 57.5 Å². The van der Waals surface area contributed by atoms with Gasteiger partial charge in [-0.2, -0.15) is 4.39 Å². The number of ether oxygens (including phenoxy) is 10. The summed E-state index contributed by atoms with van der Waals surface area (Å²) in [5, 5.41) is 14.7. The number of ketones is 5. The van der Waals surface area contributed by atoms with E-state index in [0.717, 1.165) is 30.0 Å². The topological polar surface area (TPSA) is 323 Å². The number of methoxy groups -OCH3 is 1. The van der Waals surface area contributed by atoms with Gasteiger partial charge in [0.1, 0.15) is 55.4 Å². The van der Waals surface area contributed by atoms with Crippen LogP contribution in [0.1, 0.15) is 280 Å². The highest BCUT2D eigenvalue weighted by Crippen LogP contribution is 2.42. The van der Waals surface area contributed by atoms with Gasteiger partial charge in [0, 0.05) is 78.5 Å². The molecule has 25 nitrogen and oxygen atoms in total. The lowest BCUT2D eigenvalue weighted by molar-refractivity contribution is 0.100. The number of hydrogen-bond acceptors (Lipinski definition) is 20. The lowest BCUT2D eigenvalue weighted by Crippen LogP contribution is -2.16. The zero-order valence-electron chi connectivity index (χ0n) is 81.5. The van der Waals surface area contributed by atoms with E-state index in [9.17, 15) is 56.7 Å². The highest BCUT2D eigenvalue weighted by atomic mass is 35.5. The second-order valence-electron chi connectivity index (χ2n) is 33.1. The van der Waals surface area contributed by atoms with Crippen molar-refractivity contribution < 1.29 is 104 Å². The fraction of sp³-hybridized carbons (Fsp3) is 0.340. The molecule has 10 aromatic carbocycles. The number of Topliss-reactive ketones (excluding diaryl/α,β-unsaturated/α-hetero) is 5. The zero-order valence-corrected chi connectivity index (χ0v) is 83.7. The summed E-state index contributed by atoms with van der Waals surface area (Å²) in [4.78, 5) is 120. The van der Waals surface area contributed by atoms with Crippen LogP contribution in [-0.4, -0.2) is 121 Å². The molecule has 0 saturated heterocycles. The molecule has 10 rings (SSSR count). The van der Waals surface area contributed by atoms with E-state index in [1.165, 1.54) is 72.1 Å². The molecule has 30 heteroatoms. The number of halogens is 5. The number of amides is 5. The molecule has 0 bridgehead atoms. The van der Waals surface area contributed by atoms with E-state index in [4.69, 9.17) is 82.2 Å². The van der Waals surface area contributed by atoms with Gasteiger partial charge in [-0.3, -0.25) is 47.9 Å². The second-order valence-corrected chi connectivity index (χ2v) is 34.3. The average Bonchev–Trinajstić information content (AvgIpc) is 0.827. The summed E-state index contributed by atoms with van der Waals surface area (Å²) in [7, 11) is 1.47. The Balaban J connectivity index is 0.000000261. The van der Waals surface area contributed by atoms with Crippen molar-refractivity contribution in [2.24, 2.45) is 0 Å². The Bertz CT molecular complexity index is 5820. The van der Waals surface area contributed by atoms with Crippen LogP contribution in [0.3, 0.4) is 0 Å². The number of hydrogen-bond donors (Lipinski definition) is 5. The molecule has 0 radical (unpaired) electrons. The van der Waals surface area contributed by atoms with Crippen LogP contribution < -0.4 is 74.0 Å². The first-order valence-electron chi connectivity index (χ1n) is 44.3. The summed E-state index contributed by atoms with van der Waals surface area (Å²) >= 11 is 19.0. The number of aryl methyl sites for hydroxylation is 2. The third-order valence-electron chi connectivity index (χ3n) is 18.9. The summed E-state index contributed by atoms with van der Waals surface area (Å²) < 4.78 is 85.1. The third kappa shape index (κ3) is 34.5. The van der Waals surface area contributed by atoms with E-state index in [1.807, 2.05) is 104 Å². The molecule has 0 atom stereocenters. The van der Waals surface area contributed by atoms with Gasteiger partial charge >= 0.3 is 0 Å².